The minimum atomic E-state index is -0.471. The molecule has 0 amide bonds. The Kier molecular flexibility index (Phi) is 5.05. The predicted octanol–water partition coefficient (Wildman–Crippen LogP) is 1.82. The molecular formula is C11H20O2. The van der Waals surface area contributed by atoms with Gasteiger partial charge in [-0.05, 0) is 11.8 Å². The maximum absolute atomic E-state index is 9.76. The largest absolute Gasteiger partial charge is 0.390 e. The first kappa shape index (κ1) is 12.5. The summed E-state index contributed by atoms with van der Waals surface area (Å²) in [4.78, 5) is 0. The van der Waals surface area contributed by atoms with Gasteiger partial charge >= 0.3 is 0 Å². The van der Waals surface area contributed by atoms with Crippen LogP contribution in [0.25, 0.3) is 0 Å². The van der Waals surface area contributed by atoms with Gasteiger partial charge in [-0.2, -0.15) is 0 Å². The lowest BCUT2D eigenvalue weighted by atomic mass is 9.84. The lowest BCUT2D eigenvalue weighted by molar-refractivity contribution is -0.0725. The minimum absolute atomic E-state index is 0.0528. The van der Waals surface area contributed by atoms with Crippen LogP contribution in [-0.4, -0.2) is 24.4 Å². The maximum atomic E-state index is 9.76. The van der Waals surface area contributed by atoms with Crippen molar-refractivity contribution in [2.24, 2.45) is 5.41 Å². The molecule has 0 heterocycles. The average Bonchev–Trinajstić information content (AvgIpc) is 1.99. The highest BCUT2D eigenvalue weighted by atomic mass is 16.5. The first-order valence-electron chi connectivity index (χ1n) is 4.57. The van der Waals surface area contributed by atoms with E-state index in [0.717, 1.165) is 0 Å². The number of ether oxygens (including phenoxy) is 1. The van der Waals surface area contributed by atoms with Crippen molar-refractivity contribution < 1.29 is 9.84 Å². The Morgan fingerprint density at radius 3 is 2.31 bits per heavy atom. The number of hydrogen-bond donors (Lipinski definition) is 1. The van der Waals surface area contributed by atoms with Gasteiger partial charge in [0.1, 0.15) is 0 Å². The van der Waals surface area contributed by atoms with Crippen LogP contribution in [0.5, 0.6) is 0 Å². The third-order valence-electron chi connectivity index (χ3n) is 2.04. The minimum Gasteiger partial charge on any atom is -0.390 e. The summed E-state index contributed by atoms with van der Waals surface area (Å²) in [6, 6.07) is 0. The van der Waals surface area contributed by atoms with Gasteiger partial charge in [0.15, 0.2) is 0 Å². The third kappa shape index (κ3) is 4.31. The molecule has 0 fully saturated rings. The summed E-state index contributed by atoms with van der Waals surface area (Å²) in [7, 11) is 1.62. The highest BCUT2D eigenvalue weighted by Crippen LogP contribution is 2.26. The fourth-order valence-electron chi connectivity index (χ4n) is 1.47. The molecule has 2 nitrogen and oxygen atoms in total. The van der Waals surface area contributed by atoms with E-state index in [0.29, 0.717) is 12.8 Å². The molecule has 0 aliphatic rings. The second-order valence-electron chi connectivity index (χ2n) is 4.33. The molecule has 0 aliphatic heterocycles. The highest BCUT2D eigenvalue weighted by molar-refractivity contribution is 4.88. The van der Waals surface area contributed by atoms with Crippen molar-refractivity contribution in [3.63, 3.8) is 0 Å². The fourth-order valence-corrected chi connectivity index (χ4v) is 1.47. The van der Waals surface area contributed by atoms with Gasteiger partial charge in [-0.15, -0.1) is 12.3 Å². The Morgan fingerprint density at radius 2 is 2.00 bits per heavy atom. The maximum Gasteiger partial charge on any atom is 0.0878 e. The number of aliphatic hydroxyl groups excluding tert-OH is 1. The molecule has 0 aliphatic carbocycles. The molecule has 0 aromatic heterocycles. The summed E-state index contributed by atoms with van der Waals surface area (Å²) in [5, 5.41) is 9.76. The second kappa shape index (κ2) is 5.26. The van der Waals surface area contributed by atoms with Gasteiger partial charge in [-0.3, -0.25) is 0 Å². The van der Waals surface area contributed by atoms with Gasteiger partial charge in [0.2, 0.25) is 0 Å². The zero-order chi connectivity index (χ0) is 10.5. The van der Waals surface area contributed by atoms with Crippen LogP contribution < -0.4 is 0 Å². The standard InChI is InChI=1S/C11H20O2/c1-6-7-8-9(12)10(13-5)11(2,3)4/h1,9-10,12H,7-8H2,2-5H3. The van der Waals surface area contributed by atoms with Crippen LogP contribution in [0.2, 0.25) is 0 Å². The van der Waals surface area contributed by atoms with Crippen molar-refractivity contribution in [3.8, 4) is 12.3 Å². The summed E-state index contributed by atoms with van der Waals surface area (Å²) >= 11 is 0. The first-order chi connectivity index (χ1) is 5.93. The molecule has 2 unspecified atom stereocenters. The summed E-state index contributed by atoms with van der Waals surface area (Å²) in [5.74, 6) is 2.51. The normalized spacial score (nSPS) is 16.3. The zero-order valence-corrected chi connectivity index (χ0v) is 9.00. The lowest BCUT2D eigenvalue weighted by Crippen LogP contribution is -2.39. The monoisotopic (exact) mass is 184 g/mol. The molecule has 0 aromatic rings. The van der Waals surface area contributed by atoms with E-state index in [2.05, 4.69) is 5.92 Å². The Balaban J connectivity index is 4.17. The summed E-state index contributed by atoms with van der Waals surface area (Å²) in [5.41, 5.74) is -0.0528. The average molecular weight is 184 g/mol. The summed E-state index contributed by atoms with van der Waals surface area (Å²) < 4.78 is 5.25. The Bertz CT molecular complexity index is 174. The van der Waals surface area contributed by atoms with Crippen LogP contribution in [0.4, 0.5) is 0 Å². The van der Waals surface area contributed by atoms with Crippen LogP contribution in [0.3, 0.4) is 0 Å². The van der Waals surface area contributed by atoms with Crippen molar-refractivity contribution in [3.05, 3.63) is 0 Å². The van der Waals surface area contributed by atoms with E-state index in [1.54, 1.807) is 7.11 Å². The van der Waals surface area contributed by atoms with E-state index >= 15 is 0 Å². The quantitative estimate of drug-likeness (QED) is 0.675. The molecular weight excluding hydrogens is 164 g/mol. The predicted molar refractivity (Wildman–Crippen MR) is 54.3 cm³/mol. The molecule has 0 saturated heterocycles. The van der Waals surface area contributed by atoms with Crippen molar-refractivity contribution in [2.75, 3.05) is 7.11 Å². The smallest absolute Gasteiger partial charge is 0.0878 e. The molecule has 0 rings (SSSR count). The number of rotatable bonds is 4. The molecule has 0 bridgehead atoms. The van der Waals surface area contributed by atoms with Gasteiger partial charge in [0, 0.05) is 13.5 Å². The molecule has 76 valence electrons. The van der Waals surface area contributed by atoms with Gasteiger partial charge < -0.3 is 9.84 Å². The van der Waals surface area contributed by atoms with Gasteiger partial charge in [-0.1, -0.05) is 20.8 Å². The van der Waals surface area contributed by atoms with E-state index in [-0.39, 0.29) is 11.5 Å². The summed E-state index contributed by atoms with van der Waals surface area (Å²) in [6.45, 7) is 6.13. The Morgan fingerprint density at radius 1 is 1.46 bits per heavy atom. The number of hydrogen-bond acceptors (Lipinski definition) is 2. The topological polar surface area (TPSA) is 29.5 Å². The van der Waals surface area contributed by atoms with Crippen LogP contribution in [0.15, 0.2) is 0 Å². The van der Waals surface area contributed by atoms with Gasteiger partial charge in [0.05, 0.1) is 12.2 Å². The van der Waals surface area contributed by atoms with Crippen LogP contribution in [-0.2, 0) is 4.74 Å². The fraction of sp³-hybridized carbons (Fsp3) is 0.818. The van der Waals surface area contributed by atoms with Gasteiger partial charge in [0.25, 0.3) is 0 Å². The molecule has 1 N–H and O–H groups in total. The highest BCUT2D eigenvalue weighted by Gasteiger charge is 2.30. The molecule has 0 saturated carbocycles. The van der Waals surface area contributed by atoms with Crippen LogP contribution in [0.1, 0.15) is 33.6 Å². The molecule has 0 radical (unpaired) electrons. The van der Waals surface area contributed by atoms with Crippen LogP contribution >= 0.6 is 0 Å². The lowest BCUT2D eigenvalue weighted by Gasteiger charge is -2.32. The van der Waals surface area contributed by atoms with E-state index in [1.165, 1.54) is 0 Å². The van der Waals surface area contributed by atoms with Crippen molar-refractivity contribution >= 4 is 0 Å². The molecule has 2 atom stereocenters. The van der Waals surface area contributed by atoms with Crippen molar-refractivity contribution in [2.45, 2.75) is 45.8 Å². The SMILES string of the molecule is C#CCCC(O)C(OC)C(C)(C)C. The Labute approximate surface area is 81.3 Å². The Hall–Kier alpha value is -0.520. The molecule has 13 heavy (non-hydrogen) atoms. The van der Waals surface area contributed by atoms with E-state index in [4.69, 9.17) is 11.2 Å². The molecule has 0 aromatic carbocycles. The molecule has 2 heteroatoms. The van der Waals surface area contributed by atoms with Gasteiger partial charge in [-0.25, -0.2) is 0 Å². The van der Waals surface area contributed by atoms with E-state index < -0.39 is 6.10 Å². The van der Waals surface area contributed by atoms with Crippen LogP contribution in [0, 0.1) is 17.8 Å². The van der Waals surface area contributed by atoms with E-state index in [9.17, 15) is 5.11 Å². The third-order valence-corrected chi connectivity index (χ3v) is 2.04. The second-order valence-corrected chi connectivity index (χ2v) is 4.33. The number of terminal acetylenes is 1. The number of aliphatic hydroxyl groups is 1. The zero-order valence-electron chi connectivity index (χ0n) is 9.00. The summed E-state index contributed by atoms with van der Waals surface area (Å²) in [6.07, 6.45) is 5.70. The van der Waals surface area contributed by atoms with Crippen molar-refractivity contribution in [1.29, 1.82) is 0 Å². The van der Waals surface area contributed by atoms with Crippen molar-refractivity contribution in [1.82, 2.24) is 0 Å². The first-order valence-corrected chi connectivity index (χ1v) is 4.57. The molecule has 0 spiro atoms. The van der Waals surface area contributed by atoms with E-state index in [1.807, 2.05) is 20.8 Å². The number of methoxy groups -OCH3 is 1.